The summed E-state index contributed by atoms with van der Waals surface area (Å²) < 4.78 is 40.1. The Hall–Kier alpha value is -1.96. The molecular formula is C12H11FN2O4S. The van der Waals surface area contributed by atoms with E-state index in [1.54, 1.807) is 25.1 Å². The first-order chi connectivity index (χ1) is 9.34. The highest BCUT2D eigenvalue weighted by Crippen LogP contribution is 2.28. The van der Waals surface area contributed by atoms with E-state index in [-0.39, 0.29) is 13.0 Å². The molecule has 3 rings (SSSR count). The Morgan fingerprint density at radius 3 is 2.85 bits per heavy atom. The first-order valence-electron chi connectivity index (χ1n) is 5.95. The van der Waals surface area contributed by atoms with Crippen molar-refractivity contribution < 1.29 is 21.5 Å². The number of nitrogens with zero attached hydrogens (tertiary/aromatic N) is 2. The molecule has 0 saturated carbocycles. The van der Waals surface area contributed by atoms with Crippen LogP contribution in [0.4, 0.5) is 9.57 Å². The van der Waals surface area contributed by atoms with E-state index >= 15 is 0 Å². The highest BCUT2D eigenvalue weighted by molar-refractivity contribution is 7.87. The Morgan fingerprint density at radius 2 is 2.20 bits per heavy atom. The Kier molecular flexibility index (Phi) is 2.79. The predicted molar refractivity (Wildman–Crippen MR) is 69.5 cm³/mol. The Bertz CT molecular complexity index is 799. The number of oxazole rings is 1. The molecule has 0 spiro atoms. The quantitative estimate of drug-likeness (QED) is 0.786. The van der Waals surface area contributed by atoms with E-state index in [0.29, 0.717) is 22.7 Å². The van der Waals surface area contributed by atoms with Gasteiger partial charge < -0.3 is 9.32 Å². The monoisotopic (exact) mass is 298 g/mol. The molecule has 1 amide bonds. The lowest BCUT2D eigenvalue weighted by Crippen LogP contribution is -2.26. The summed E-state index contributed by atoms with van der Waals surface area (Å²) in [6.07, 6.45) is -0.339. The summed E-state index contributed by atoms with van der Waals surface area (Å²) in [6.45, 7) is 1.52. The van der Waals surface area contributed by atoms with Crippen LogP contribution < -0.4 is 4.90 Å². The molecule has 1 aromatic heterocycles. The van der Waals surface area contributed by atoms with Gasteiger partial charge in [0.2, 0.25) is 5.91 Å². The van der Waals surface area contributed by atoms with Crippen LogP contribution in [-0.4, -0.2) is 31.1 Å². The number of amides is 1. The number of anilines is 1. The number of halogens is 1. The average molecular weight is 298 g/mol. The summed E-state index contributed by atoms with van der Waals surface area (Å²) in [5.74, 6) is 0.0740. The lowest BCUT2D eigenvalue weighted by molar-refractivity contribution is -0.117. The summed E-state index contributed by atoms with van der Waals surface area (Å²) in [6, 6.07) is 4.89. The fourth-order valence-electron chi connectivity index (χ4n) is 2.31. The molecule has 6 nitrogen and oxygen atoms in total. The fraction of sp³-hybridized carbons (Fsp3) is 0.333. The van der Waals surface area contributed by atoms with Crippen molar-refractivity contribution in [1.82, 2.24) is 4.98 Å². The molecule has 1 atom stereocenters. The number of aryl methyl sites for hydroxylation is 1. The van der Waals surface area contributed by atoms with E-state index in [1.165, 1.54) is 4.90 Å². The third kappa shape index (κ3) is 2.15. The topological polar surface area (TPSA) is 80.5 Å². The van der Waals surface area contributed by atoms with Gasteiger partial charge in [-0.05, 0) is 18.2 Å². The van der Waals surface area contributed by atoms with E-state index < -0.39 is 21.4 Å². The summed E-state index contributed by atoms with van der Waals surface area (Å²) in [7, 11) is -4.71. The van der Waals surface area contributed by atoms with Crippen molar-refractivity contribution in [3.63, 3.8) is 0 Å². The molecule has 2 aromatic rings. The van der Waals surface area contributed by atoms with Crippen molar-refractivity contribution >= 4 is 32.9 Å². The van der Waals surface area contributed by atoms with Crippen LogP contribution in [0.25, 0.3) is 11.1 Å². The number of benzene rings is 1. The maximum absolute atomic E-state index is 13.0. The van der Waals surface area contributed by atoms with Crippen molar-refractivity contribution in [3.05, 3.63) is 24.1 Å². The lowest BCUT2D eigenvalue weighted by atomic mass is 10.2. The van der Waals surface area contributed by atoms with Gasteiger partial charge >= 0.3 is 10.2 Å². The number of rotatable bonds is 2. The standard InChI is InChI=1S/C12H11FN2O4S/c1-7-14-10-4-8(2-3-11(10)19-7)15-6-9(5-12(15)16)20(13,17)18/h2-4,9H,5-6H2,1H3. The second kappa shape index (κ2) is 4.27. The van der Waals surface area contributed by atoms with Gasteiger partial charge in [0.1, 0.15) is 10.8 Å². The molecule has 2 heterocycles. The third-order valence-corrected chi connectivity index (χ3v) is 4.39. The molecule has 1 aromatic carbocycles. The van der Waals surface area contributed by atoms with Gasteiger partial charge in [-0.15, -0.1) is 3.89 Å². The molecule has 1 saturated heterocycles. The van der Waals surface area contributed by atoms with Gasteiger partial charge in [-0.25, -0.2) is 4.98 Å². The zero-order valence-electron chi connectivity index (χ0n) is 10.5. The van der Waals surface area contributed by atoms with E-state index in [2.05, 4.69) is 4.98 Å². The van der Waals surface area contributed by atoms with Crippen LogP contribution in [0.2, 0.25) is 0 Å². The first kappa shape index (κ1) is 13.0. The SMILES string of the molecule is Cc1nc2cc(N3CC(S(=O)(=O)F)CC3=O)ccc2o1. The smallest absolute Gasteiger partial charge is 0.307 e. The number of carbonyl (C=O) groups is 1. The van der Waals surface area contributed by atoms with Gasteiger partial charge in [-0.2, -0.15) is 8.42 Å². The van der Waals surface area contributed by atoms with E-state index in [4.69, 9.17) is 4.42 Å². The Labute approximate surface area is 114 Å². The largest absolute Gasteiger partial charge is 0.441 e. The van der Waals surface area contributed by atoms with Crippen LogP contribution in [0.1, 0.15) is 12.3 Å². The summed E-state index contributed by atoms with van der Waals surface area (Å²) in [5, 5.41) is -1.30. The Balaban J connectivity index is 1.97. The zero-order valence-corrected chi connectivity index (χ0v) is 11.4. The van der Waals surface area contributed by atoms with E-state index in [1.807, 2.05) is 0 Å². The molecule has 1 aliphatic rings. The average Bonchev–Trinajstić information content (AvgIpc) is 2.89. The summed E-state index contributed by atoms with van der Waals surface area (Å²) in [5.41, 5.74) is 1.63. The van der Waals surface area contributed by atoms with E-state index in [9.17, 15) is 17.1 Å². The molecule has 1 fully saturated rings. The second-order valence-electron chi connectivity index (χ2n) is 4.69. The molecule has 20 heavy (non-hydrogen) atoms. The van der Waals surface area contributed by atoms with Crippen molar-refractivity contribution in [2.45, 2.75) is 18.6 Å². The molecule has 0 N–H and O–H groups in total. The zero-order chi connectivity index (χ0) is 14.5. The minimum Gasteiger partial charge on any atom is -0.441 e. The predicted octanol–water partition coefficient (Wildman–Crippen LogP) is 1.54. The minimum atomic E-state index is -4.71. The van der Waals surface area contributed by atoms with E-state index in [0.717, 1.165) is 0 Å². The van der Waals surface area contributed by atoms with Gasteiger partial charge in [0.15, 0.2) is 11.5 Å². The maximum Gasteiger partial charge on any atom is 0.307 e. The van der Waals surface area contributed by atoms with Crippen molar-refractivity contribution in [2.24, 2.45) is 0 Å². The van der Waals surface area contributed by atoms with Crippen LogP contribution in [0.5, 0.6) is 0 Å². The highest BCUT2D eigenvalue weighted by atomic mass is 32.3. The third-order valence-electron chi connectivity index (χ3n) is 3.28. The van der Waals surface area contributed by atoms with Gasteiger partial charge in [-0.1, -0.05) is 0 Å². The molecule has 1 unspecified atom stereocenters. The number of aromatic nitrogens is 1. The van der Waals surface area contributed by atoms with Gasteiger partial charge in [0.05, 0.1) is 0 Å². The lowest BCUT2D eigenvalue weighted by Gasteiger charge is -2.15. The van der Waals surface area contributed by atoms with Crippen molar-refractivity contribution in [3.8, 4) is 0 Å². The second-order valence-corrected chi connectivity index (χ2v) is 6.31. The molecule has 106 valence electrons. The maximum atomic E-state index is 13.0. The minimum absolute atomic E-state index is 0.181. The number of carbonyl (C=O) groups excluding carboxylic acids is 1. The number of hydrogen-bond donors (Lipinski definition) is 0. The Morgan fingerprint density at radius 1 is 1.45 bits per heavy atom. The van der Waals surface area contributed by atoms with Crippen LogP contribution >= 0.6 is 0 Å². The molecule has 8 heteroatoms. The molecule has 0 bridgehead atoms. The number of hydrogen-bond acceptors (Lipinski definition) is 5. The van der Waals surface area contributed by atoms with Crippen LogP contribution in [-0.2, 0) is 15.0 Å². The number of fused-ring (bicyclic) bond motifs is 1. The fourth-order valence-corrected chi connectivity index (χ4v) is 2.98. The molecular weight excluding hydrogens is 287 g/mol. The van der Waals surface area contributed by atoms with Crippen LogP contribution in [0.15, 0.2) is 22.6 Å². The molecule has 1 aliphatic heterocycles. The van der Waals surface area contributed by atoms with Gasteiger partial charge in [-0.3, -0.25) is 4.79 Å². The van der Waals surface area contributed by atoms with Crippen molar-refractivity contribution in [2.75, 3.05) is 11.4 Å². The van der Waals surface area contributed by atoms with Gasteiger partial charge in [0.25, 0.3) is 0 Å². The molecule has 0 aliphatic carbocycles. The van der Waals surface area contributed by atoms with Crippen LogP contribution in [0.3, 0.4) is 0 Å². The first-order valence-corrected chi connectivity index (χ1v) is 7.40. The molecule has 0 radical (unpaired) electrons. The van der Waals surface area contributed by atoms with Gasteiger partial charge in [0, 0.05) is 25.6 Å². The van der Waals surface area contributed by atoms with Crippen molar-refractivity contribution in [1.29, 1.82) is 0 Å². The normalized spacial score (nSPS) is 20.0. The highest BCUT2D eigenvalue weighted by Gasteiger charge is 2.39. The summed E-state index contributed by atoms with van der Waals surface area (Å²) >= 11 is 0. The van der Waals surface area contributed by atoms with Crippen LogP contribution in [0, 0.1) is 6.92 Å². The summed E-state index contributed by atoms with van der Waals surface area (Å²) in [4.78, 5) is 17.2.